The molecule has 2 aromatic carbocycles. The topological polar surface area (TPSA) is 149 Å². The summed E-state index contributed by atoms with van der Waals surface area (Å²) in [6, 6.07) is 4.32. The second-order valence-corrected chi connectivity index (χ2v) is 8.18. The van der Waals surface area contributed by atoms with Crippen molar-refractivity contribution in [3.8, 4) is 11.8 Å². The van der Waals surface area contributed by atoms with Crippen molar-refractivity contribution in [2.45, 2.75) is 25.3 Å². The number of rotatable bonds is 4. The Morgan fingerprint density at radius 1 is 1.00 bits per heavy atom. The minimum atomic E-state index is -5.23. The monoisotopic (exact) mass is 552 g/mol. The third-order valence-electron chi connectivity index (χ3n) is 5.51. The molecule has 0 spiro atoms. The second-order valence-electron chi connectivity index (χ2n) is 8.18. The number of fused-ring (bicyclic) bond motifs is 1. The summed E-state index contributed by atoms with van der Waals surface area (Å²) in [6.07, 6.45) is -10.5. The van der Waals surface area contributed by atoms with Crippen LogP contribution in [0.1, 0.15) is 35.5 Å². The van der Waals surface area contributed by atoms with Gasteiger partial charge in [-0.2, -0.15) is 41.6 Å². The highest BCUT2D eigenvalue weighted by Crippen LogP contribution is 2.37. The fourth-order valence-corrected chi connectivity index (χ4v) is 3.79. The number of nitriles is 1. The summed E-state index contributed by atoms with van der Waals surface area (Å²) in [4.78, 5) is 25.1. The van der Waals surface area contributed by atoms with Crippen LogP contribution in [0.4, 0.5) is 48.3 Å². The average Bonchev–Trinajstić information content (AvgIpc) is 2.82. The van der Waals surface area contributed by atoms with Gasteiger partial charge in [0.1, 0.15) is 34.5 Å². The molecule has 2 aromatic heterocycles. The fraction of sp³-hybridized carbons (Fsp3) is 0.174. The molecule has 9 nitrogen and oxygen atoms in total. The average molecular weight is 552 g/mol. The van der Waals surface area contributed by atoms with E-state index < -0.39 is 57.8 Å². The third-order valence-corrected chi connectivity index (χ3v) is 5.51. The molecule has 0 aliphatic carbocycles. The summed E-state index contributed by atoms with van der Waals surface area (Å²) in [5.41, 5.74) is 5.16. The smallest absolute Gasteiger partial charge is 0.382 e. The van der Waals surface area contributed by atoms with Crippen molar-refractivity contribution < 1.29 is 30.7 Å². The molecule has 16 heteroatoms. The lowest BCUT2D eigenvalue weighted by Crippen LogP contribution is -2.29. The van der Waals surface area contributed by atoms with E-state index in [1.54, 1.807) is 6.07 Å². The van der Waals surface area contributed by atoms with Crippen molar-refractivity contribution >= 4 is 28.5 Å². The van der Waals surface area contributed by atoms with Crippen molar-refractivity contribution in [1.82, 2.24) is 19.5 Å². The van der Waals surface area contributed by atoms with E-state index in [1.165, 1.54) is 19.1 Å². The summed E-state index contributed by atoms with van der Waals surface area (Å²) < 4.78 is 96.4. The van der Waals surface area contributed by atoms with Gasteiger partial charge in [-0.15, -0.1) is 0 Å². The molecular formula is C23H15F7N8O. The molecular weight excluding hydrogens is 537 g/mol. The highest BCUT2D eigenvalue weighted by molar-refractivity contribution is 5.79. The Bertz CT molecular complexity index is 1670. The number of alkyl halides is 6. The Morgan fingerprint density at radius 2 is 1.62 bits per heavy atom. The summed E-state index contributed by atoms with van der Waals surface area (Å²) in [7, 11) is 0. The SMILES string of the molecule is C[C@H](Nc1nc(N)nc(N)c1C#N)c1nc2cccc(F)c2c(=O)n1-c1cc(C(F)(F)F)cc(C(F)(F)F)c1. The normalized spacial score (nSPS) is 12.8. The summed E-state index contributed by atoms with van der Waals surface area (Å²) >= 11 is 0. The van der Waals surface area contributed by atoms with Crippen LogP contribution >= 0.6 is 0 Å². The van der Waals surface area contributed by atoms with Crippen molar-refractivity contribution in [3.63, 3.8) is 0 Å². The number of nitrogens with two attached hydrogens (primary N) is 2. The van der Waals surface area contributed by atoms with Gasteiger partial charge in [0, 0.05) is 0 Å². The van der Waals surface area contributed by atoms with Gasteiger partial charge in [0.25, 0.3) is 5.56 Å². The molecule has 1 atom stereocenters. The first kappa shape index (κ1) is 27.1. The van der Waals surface area contributed by atoms with Gasteiger partial charge in [-0.1, -0.05) is 6.07 Å². The largest absolute Gasteiger partial charge is 0.416 e. The molecule has 4 aromatic rings. The molecule has 0 aliphatic rings. The van der Waals surface area contributed by atoms with E-state index in [0.29, 0.717) is 16.7 Å². The first-order chi connectivity index (χ1) is 18.1. The van der Waals surface area contributed by atoms with Gasteiger partial charge < -0.3 is 16.8 Å². The Morgan fingerprint density at radius 3 is 2.18 bits per heavy atom. The second kappa shape index (κ2) is 9.42. The number of benzene rings is 2. The minimum Gasteiger partial charge on any atom is -0.382 e. The van der Waals surface area contributed by atoms with Crippen LogP contribution in [0.2, 0.25) is 0 Å². The lowest BCUT2D eigenvalue weighted by Gasteiger charge is -2.22. The Balaban J connectivity index is 2.05. The van der Waals surface area contributed by atoms with E-state index in [0.717, 1.165) is 6.07 Å². The van der Waals surface area contributed by atoms with E-state index in [4.69, 9.17) is 11.5 Å². The lowest BCUT2D eigenvalue weighted by molar-refractivity contribution is -0.143. The number of aromatic nitrogens is 4. The molecule has 0 bridgehead atoms. The predicted octanol–water partition coefficient (Wildman–Crippen LogP) is 4.56. The zero-order valence-electron chi connectivity index (χ0n) is 19.5. The number of nitrogen functional groups attached to an aromatic ring is 2. The van der Waals surface area contributed by atoms with Crippen LogP contribution in [-0.2, 0) is 12.4 Å². The number of hydrogen-bond acceptors (Lipinski definition) is 8. The molecule has 39 heavy (non-hydrogen) atoms. The van der Waals surface area contributed by atoms with Crippen molar-refractivity contribution in [2.75, 3.05) is 16.8 Å². The maximum Gasteiger partial charge on any atom is 0.416 e. The first-order valence-corrected chi connectivity index (χ1v) is 10.7. The summed E-state index contributed by atoms with van der Waals surface area (Å²) in [5.74, 6) is -2.48. The van der Waals surface area contributed by atoms with Crippen molar-refractivity contribution in [3.05, 3.63) is 75.1 Å². The highest BCUT2D eigenvalue weighted by Gasteiger charge is 2.37. The molecule has 2 heterocycles. The third kappa shape index (κ3) is 5.10. The van der Waals surface area contributed by atoms with Crippen LogP contribution in [0, 0.1) is 17.1 Å². The van der Waals surface area contributed by atoms with Crippen LogP contribution in [0.15, 0.2) is 41.2 Å². The molecule has 4 rings (SSSR count). The van der Waals surface area contributed by atoms with Gasteiger partial charge in [0.05, 0.1) is 28.4 Å². The molecule has 0 aliphatic heterocycles. The van der Waals surface area contributed by atoms with E-state index >= 15 is 0 Å². The summed E-state index contributed by atoms with van der Waals surface area (Å²) in [5, 5.41) is 11.4. The number of hydrogen-bond donors (Lipinski definition) is 3. The number of halogens is 7. The van der Waals surface area contributed by atoms with Crippen LogP contribution in [-0.4, -0.2) is 19.5 Å². The van der Waals surface area contributed by atoms with E-state index in [2.05, 4.69) is 20.3 Å². The first-order valence-electron chi connectivity index (χ1n) is 10.7. The molecule has 0 radical (unpaired) electrons. The van der Waals surface area contributed by atoms with Gasteiger partial charge in [-0.05, 0) is 37.3 Å². The minimum absolute atomic E-state index is 0.114. The molecule has 0 saturated carbocycles. The van der Waals surface area contributed by atoms with Crippen LogP contribution in [0.25, 0.3) is 16.6 Å². The van der Waals surface area contributed by atoms with E-state index in [-0.39, 0.29) is 34.7 Å². The molecule has 0 fully saturated rings. The van der Waals surface area contributed by atoms with Crippen molar-refractivity contribution in [1.29, 1.82) is 5.26 Å². The van der Waals surface area contributed by atoms with Gasteiger partial charge >= 0.3 is 12.4 Å². The zero-order valence-corrected chi connectivity index (χ0v) is 19.5. The summed E-state index contributed by atoms with van der Waals surface area (Å²) in [6.45, 7) is 1.32. The quantitative estimate of drug-likeness (QED) is 0.312. The molecule has 5 N–H and O–H groups in total. The lowest BCUT2D eigenvalue weighted by atomic mass is 10.1. The van der Waals surface area contributed by atoms with Gasteiger partial charge in [-0.3, -0.25) is 9.36 Å². The van der Waals surface area contributed by atoms with E-state index in [1.807, 2.05) is 0 Å². The zero-order chi connectivity index (χ0) is 28.9. The van der Waals surface area contributed by atoms with Crippen LogP contribution in [0.3, 0.4) is 0 Å². The number of nitrogens with one attached hydrogen (secondary N) is 1. The Kier molecular flexibility index (Phi) is 6.55. The molecule has 202 valence electrons. The maximum absolute atomic E-state index is 14.6. The number of nitrogens with zero attached hydrogens (tertiary/aromatic N) is 5. The molecule has 0 unspecified atom stereocenters. The molecule has 0 amide bonds. The van der Waals surface area contributed by atoms with Gasteiger partial charge in [0.2, 0.25) is 5.95 Å². The van der Waals surface area contributed by atoms with Crippen LogP contribution in [0.5, 0.6) is 0 Å². The fourth-order valence-electron chi connectivity index (χ4n) is 3.79. The predicted molar refractivity (Wildman–Crippen MR) is 125 cm³/mol. The maximum atomic E-state index is 14.6. The van der Waals surface area contributed by atoms with Gasteiger partial charge in [0.15, 0.2) is 5.82 Å². The Labute approximate surface area is 213 Å². The highest BCUT2D eigenvalue weighted by atomic mass is 19.4. The Hall–Kier alpha value is -4.94. The van der Waals surface area contributed by atoms with Crippen molar-refractivity contribution in [2.24, 2.45) is 0 Å². The standard InChI is InChI=1S/C23H15F7N8O/c1-9(34-18-13(8-31)17(32)36-21(33)37-18)19-35-15-4-2-3-14(24)16(15)20(39)38(19)12-6-10(22(25,26)27)5-11(7-12)23(28,29)30/h2-7,9H,1H3,(H5,32,33,34,36,37)/t9-/m0/s1. The molecule has 0 saturated heterocycles. The number of anilines is 3. The van der Waals surface area contributed by atoms with E-state index in [9.17, 15) is 40.8 Å². The van der Waals surface area contributed by atoms with Gasteiger partial charge in [-0.25, -0.2) is 9.37 Å². The van der Waals surface area contributed by atoms with Crippen LogP contribution < -0.4 is 22.3 Å².